The van der Waals surface area contributed by atoms with E-state index in [0.29, 0.717) is 5.92 Å². The summed E-state index contributed by atoms with van der Waals surface area (Å²) in [4.78, 5) is 2.32. The monoisotopic (exact) mass is 239 g/mol. The third-order valence-electron chi connectivity index (χ3n) is 5.43. The molecule has 2 heteroatoms. The Bertz CT molecular complexity index is 237. The Morgan fingerprint density at radius 1 is 1.06 bits per heavy atom. The first-order valence-corrected chi connectivity index (χ1v) is 7.42. The number of likely N-dealkylation sites (N-methyl/N-ethyl adjacent to an activating group) is 1. The smallest absolute Gasteiger partial charge is 0.0751 e. The Morgan fingerprint density at radius 3 is 2.06 bits per heavy atom. The van der Waals surface area contributed by atoms with Crippen molar-refractivity contribution in [3.63, 3.8) is 0 Å². The van der Waals surface area contributed by atoms with Crippen LogP contribution in [-0.4, -0.2) is 35.7 Å². The van der Waals surface area contributed by atoms with Gasteiger partial charge in [-0.2, -0.15) is 0 Å². The van der Waals surface area contributed by atoms with Crippen LogP contribution in [0.4, 0.5) is 0 Å². The second kappa shape index (κ2) is 5.27. The van der Waals surface area contributed by atoms with Crippen molar-refractivity contribution in [2.45, 2.75) is 69.9 Å². The van der Waals surface area contributed by atoms with Crippen LogP contribution in [0.2, 0.25) is 0 Å². The molecule has 2 aliphatic carbocycles. The topological polar surface area (TPSA) is 23.5 Å². The molecule has 1 atom stereocenters. The summed E-state index contributed by atoms with van der Waals surface area (Å²) < 4.78 is 0. The van der Waals surface area contributed by atoms with Gasteiger partial charge in [-0.05, 0) is 64.5 Å². The highest BCUT2D eigenvalue weighted by molar-refractivity contribution is 5.00. The van der Waals surface area contributed by atoms with Crippen molar-refractivity contribution in [3.8, 4) is 0 Å². The van der Waals surface area contributed by atoms with Gasteiger partial charge in [-0.25, -0.2) is 0 Å². The van der Waals surface area contributed by atoms with Crippen LogP contribution in [0.5, 0.6) is 0 Å². The number of nitrogens with zero attached hydrogens (tertiary/aromatic N) is 1. The molecule has 0 amide bonds. The number of aliphatic hydroxyl groups is 1. The van der Waals surface area contributed by atoms with Crippen molar-refractivity contribution in [3.05, 3.63) is 0 Å². The molecule has 2 aliphatic rings. The molecule has 0 aromatic heterocycles. The van der Waals surface area contributed by atoms with E-state index in [1.54, 1.807) is 0 Å². The standard InChI is InChI=1S/C15H29NO/c1-12-8-10-15(11-9-12,16(2)3)14(17)13-6-4-5-7-13/h12-14,17H,4-11H2,1-3H3. The minimum atomic E-state index is -0.104. The number of rotatable bonds is 3. The predicted molar refractivity (Wildman–Crippen MR) is 72.0 cm³/mol. The molecule has 0 spiro atoms. The molecule has 0 aromatic rings. The van der Waals surface area contributed by atoms with Crippen LogP contribution in [0, 0.1) is 11.8 Å². The summed E-state index contributed by atoms with van der Waals surface area (Å²) in [6.07, 6.45) is 9.94. The Kier molecular flexibility index (Phi) is 4.14. The zero-order valence-corrected chi connectivity index (χ0v) is 11.8. The molecule has 100 valence electrons. The molecule has 2 saturated carbocycles. The lowest BCUT2D eigenvalue weighted by Crippen LogP contribution is -2.57. The van der Waals surface area contributed by atoms with Crippen molar-refractivity contribution in [1.29, 1.82) is 0 Å². The molecule has 0 heterocycles. The Morgan fingerprint density at radius 2 is 1.59 bits per heavy atom. The summed E-state index contributed by atoms with van der Waals surface area (Å²) in [6.45, 7) is 2.35. The molecule has 2 rings (SSSR count). The lowest BCUT2D eigenvalue weighted by atomic mass is 9.70. The molecule has 0 aromatic carbocycles. The van der Waals surface area contributed by atoms with Gasteiger partial charge < -0.3 is 10.0 Å². The highest BCUT2D eigenvalue weighted by Gasteiger charge is 2.45. The quantitative estimate of drug-likeness (QED) is 0.818. The fourth-order valence-electron chi connectivity index (χ4n) is 3.98. The maximum Gasteiger partial charge on any atom is 0.0751 e. The summed E-state index contributed by atoms with van der Waals surface area (Å²) in [5.74, 6) is 1.41. The molecule has 1 N–H and O–H groups in total. The van der Waals surface area contributed by atoms with Gasteiger partial charge in [0, 0.05) is 5.54 Å². The molecule has 1 unspecified atom stereocenters. The zero-order valence-electron chi connectivity index (χ0n) is 11.8. The molecule has 17 heavy (non-hydrogen) atoms. The number of hydrogen-bond donors (Lipinski definition) is 1. The van der Waals surface area contributed by atoms with E-state index in [2.05, 4.69) is 25.9 Å². The molecular formula is C15H29NO. The van der Waals surface area contributed by atoms with E-state index in [0.717, 1.165) is 5.92 Å². The minimum absolute atomic E-state index is 0.0709. The SMILES string of the molecule is CC1CCC(C(O)C2CCCC2)(N(C)C)CC1. The summed E-state index contributed by atoms with van der Waals surface area (Å²) in [7, 11) is 4.32. The molecule has 0 saturated heterocycles. The fraction of sp³-hybridized carbons (Fsp3) is 1.00. The molecule has 0 aliphatic heterocycles. The normalized spacial score (nSPS) is 37.6. The molecule has 0 bridgehead atoms. The lowest BCUT2D eigenvalue weighted by Gasteiger charge is -2.49. The summed E-state index contributed by atoms with van der Waals surface area (Å²) in [6, 6.07) is 0. The van der Waals surface area contributed by atoms with E-state index in [1.165, 1.54) is 51.4 Å². The first-order chi connectivity index (χ1) is 8.06. The van der Waals surface area contributed by atoms with E-state index in [-0.39, 0.29) is 11.6 Å². The lowest BCUT2D eigenvalue weighted by molar-refractivity contribution is -0.0665. The summed E-state index contributed by atoms with van der Waals surface area (Å²) >= 11 is 0. The van der Waals surface area contributed by atoms with Crippen LogP contribution in [0.3, 0.4) is 0 Å². The number of hydrogen-bond acceptors (Lipinski definition) is 2. The molecule has 0 radical (unpaired) electrons. The average molecular weight is 239 g/mol. The predicted octanol–water partition coefficient (Wildman–Crippen LogP) is 3.05. The van der Waals surface area contributed by atoms with Gasteiger partial charge in [0.2, 0.25) is 0 Å². The third kappa shape index (κ3) is 2.53. The highest BCUT2D eigenvalue weighted by atomic mass is 16.3. The molecule has 2 fully saturated rings. The van der Waals surface area contributed by atoms with Gasteiger partial charge in [0.25, 0.3) is 0 Å². The summed E-state index contributed by atoms with van der Waals surface area (Å²) in [5, 5.41) is 10.8. The van der Waals surface area contributed by atoms with E-state index in [4.69, 9.17) is 0 Å². The minimum Gasteiger partial charge on any atom is -0.391 e. The van der Waals surface area contributed by atoms with Crippen molar-refractivity contribution < 1.29 is 5.11 Å². The molecule has 2 nitrogen and oxygen atoms in total. The first-order valence-electron chi connectivity index (χ1n) is 7.42. The van der Waals surface area contributed by atoms with Gasteiger partial charge in [-0.3, -0.25) is 0 Å². The maximum atomic E-state index is 10.8. The van der Waals surface area contributed by atoms with Gasteiger partial charge in [-0.15, -0.1) is 0 Å². The zero-order chi connectivity index (χ0) is 12.5. The number of aliphatic hydroxyl groups excluding tert-OH is 1. The second-order valence-electron chi connectivity index (χ2n) is 6.67. The largest absolute Gasteiger partial charge is 0.391 e. The maximum absolute atomic E-state index is 10.8. The van der Waals surface area contributed by atoms with Gasteiger partial charge in [0.05, 0.1) is 6.10 Å². The van der Waals surface area contributed by atoms with E-state index >= 15 is 0 Å². The Labute approximate surface area is 106 Å². The van der Waals surface area contributed by atoms with Crippen LogP contribution in [0.25, 0.3) is 0 Å². The van der Waals surface area contributed by atoms with Gasteiger partial charge in [0.15, 0.2) is 0 Å². The van der Waals surface area contributed by atoms with Crippen molar-refractivity contribution in [2.75, 3.05) is 14.1 Å². The van der Waals surface area contributed by atoms with Crippen LogP contribution in [0.15, 0.2) is 0 Å². The Balaban J connectivity index is 2.10. The van der Waals surface area contributed by atoms with Crippen molar-refractivity contribution in [2.24, 2.45) is 11.8 Å². The fourth-order valence-corrected chi connectivity index (χ4v) is 3.98. The van der Waals surface area contributed by atoms with Crippen LogP contribution < -0.4 is 0 Å². The van der Waals surface area contributed by atoms with Crippen molar-refractivity contribution in [1.82, 2.24) is 4.90 Å². The van der Waals surface area contributed by atoms with Crippen LogP contribution in [0.1, 0.15) is 58.3 Å². The van der Waals surface area contributed by atoms with Gasteiger partial charge >= 0.3 is 0 Å². The average Bonchev–Trinajstić information content (AvgIpc) is 2.82. The summed E-state index contributed by atoms with van der Waals surface area (Å²) in [5.41, 5.74) is 0.0709. The van der Waals surface area contributed by atoms with Gasteiger partial charge in [-0.1, -0.05) is 19.8 Å². The van der Waals surface area contributed by atoms with Crippen LogP contribution in [-0.2, 0) is 0 Å². The van der Waals surface area contributed by atoms with Gasteiger partial charge in [0.1, 0.15) is 0 Å². The third-order valence-corrected chi connectivity index (χ3v) is 5.43. The van der Waals surface area contributed by atoms with E-state index in [1.807, 2.05) is 0 Å². The molecular weight excluding hydrogens is 210 g/mol. The van der Waals surface area contributed by atoms with E-state index < -0.39 is 0 Å². The van der Waals surface area contributed by atoms with E-state index in [9.17, 15) is 5.11 Å². The van der Waals surface area contributed by atoms with Crippen LogP contribution >= 0.6 is 0 Å². The highest BCUT2D eigenvalue weighted by Crippen LogP contribution is 2.43. The Hall–Kier alpha value is -0.0800. The second-order valence-corrected chi connectivity index (χ2v) is 6.67. The first kappa shape index (κ1) is 13.4. The van der Waals surface area contributed by atoms with Crippen molar-refractivity contribution >= 4 is 0 Å².